The fraction of sp³-hybridized carbons (Fsp3) is 0.412. The van der Waals surface area contributed by atoms with Crippen molar-refractivity contribution >= 4 is 5.91 Å². The molecule has 1 unspecified atom stereocenters. The van der Waals surface area contributed by atoms with E-state index in [9.17, 15) is 14.3 Å². The molecule has 1 aliphatic rings. The van der Waals surface area contributed by atoms with Crippen LogP contribution in [0, 0.1) is 18.7 Å². The summed E-state index contributed by atoms with van der Waals surface area (Å²) in [6, 6.07) is 4.58. The van der Waals surface area contributed by atoms with E-state index >= 15 is 0 Å². The van der Waals surface area contributed by atoms with Gasteiger partial charge >= 0.3 is 0 Å². The van der Waals surface area contributed by atoms with Crippen molar-refractivity contribution in [1.29, 1.82) is 0 Å². The monoisotopic (exact) mass is 333 g/mol. The zero-order chi connectivity index (χ0) is 17.3. The molecule has 1 atom stereocenters. The number of nitrogens with zero attached hydrogens (tertiary/aromatic N) is 3. The molecule has 0 saturated carbocycles. The van der Waals surface area contributed by atoms with Crippen LogP contribution in [-0.2, 0) is 4.74 Å². The molecule has 1 amide bonds. The summed E-state index contributed by atoms with van der Waals surface area (Å²) in [6.07, 6.45) is 2.16. The molecule has 0 aliphatic carbocycles. The number of benzene rings is 1. The van der Waals surface area contributed by atoms with E-state index in [1.807, 2.05) is 6.92 Å². The molecule has 3 rings (SSSR count). The highest BCUT2D eigenvalue weighted by molar-refractivity contribution is 5.94. The molecule has 128 valence electrons. The molecular formula is C17H20FN3O3. The number of carbonyl (C=O) groups excluding carboxylic acids is 1. The second-order valence-electron chi connectivity index (χ2n) is 6.18. The Bertz CT molecular complexity index is 754. The van der Waals surface area contributed by atoms with Crippen LogP contribution in [-0.4, -0.2) is 52.5 Å². The quantitative estimate of drug-likeness (QED) is 0.931. The van der Waals surface area contributed by atoms with Gasteiger partial charge in [-0.25, -0.2) is 9.07 Å². The van der Waals surface area contributed by atoms with Crippen LogP contribution in [0.4, 0.5) is 4.39 Å². The van der Waals surface area contributed by atoms with Gasteiger partial charge in [-0.15, -0.1) is 0 Å². The van der Waals surface area contributed by atoms with Crippen LogP contribution in [0.2, 0.25) is 0 Å². The van der Waals surface area contributed by atoms with E-state index in [-0.39, 0.29) is 23.0 Å². The summed E-state index contributed by atoms with van der Waals surface area (Å²) < 4.78 is 20.5. The van der Waals surface area contributed by atoms with Crippen LogP contribution >= 0.6 is 0 Å². The van der Waals surface area contributed by atoms with Crippen molar-refractivity contribution in [2.45, 2.75) is 13.3 Å². The van der Waals surface area contributed by atoms with Crippen molar-refractivity contribution in [2.24, 2.45) is 5.92 Å². The van der Waals surface area contributed by atoms with Gasteiger partial charge in [0.1, 0.15) is 11.5 Å². The minimum absolute atomic E-state index is 0.0858. The zero-order valence-corrected chi connectivity index (χ0v) is 13.7. The fourth-order valence-corrected chi connectivity index (χ4v) is 2.82. The summed E-state index contributed by atoms with van der Waals surface area (Å²) in [6.45, 7) is 3.70. The van der Waals surface area contributed by atoms with Crippen LogP contribution in [0.3, 0.4) is 0 Å². The number of aryl methyl sites for hydroxylation is 1. The lowest BCUT2D eigenvalue weighted by molar-refractivity contribution is 0.0757. The van der Waals surface area contributed by atoms with E-state index in [2.05, 4.69) is 5.10 Å². The molecule has 24 heavy (non-hydrogen) atoms. The average molecular weight is 333 g/mol. The van der Waals surface area contributed by atoms with Crippen molar-refractivity contribution in [3.8, 4) is 11.4 Å². The lowest BCUT2D eigenvalue weighted by atomic mass is 10.1. The third-order valence-electron chi connectivity index (χ3n) is 4.15. The Balaban J connectivity index is 1.82. The summed E-state index contributed by atoms with van der Waals surface area (Å²) in [7, 11) is 1.66. The van der Waals surface area contributed by atoms with E-state index in [0.717, 1.165) is 12.0 Å². The molecule has 0 radical (unpaired) electrons. The standard InChI is InChI=1S/C17H20FN3O3/c1-11-3-4-13(18)14(7-11)21-9-15(22)16(19-21)17(23)20(2)8-12-5-6-24-10-12/h3-4,7,9,12,22H,5-6,8,10H2,1-2H3. The molecule has 1 saturated heterocycles. The van der Waals surface area contributed by atoms with Crippen LogP contribution in [0.1, 0.15) is 22.5 Å². The fourth-order valence-electron chi connectivity index (χ4n) is 2.82. The second-order valence-corrected chi connectivity index (χ2v) is 6.18. The number of ether oxygens (including phenoxy) is 1. The van der Waals surface area contributed by atoms with Gasteiger partial charge in [0, 0.05) is 26.1 Å². The Labute approximate surface area is 139 Å². The van der Waals surface area contributed by atoms with Gasteiger partial charge in [-0.3, -0.25) is 4.79 Å². The van der Waals surface area contributed by atoms with Gasteiger partial charge in [-0.05, 0) is 31.0 Å². The zero-order valence-electron chi connectivity index (χ0n) is 13.7. The lowest BCUT2D eigenvalue weighted by Gasteiger charge is -2.19. The molecule has 2 heterocycles. The summed E-state index contributed by atoms with van der Waals surface area (Å²) in [5.74, 6) is -0.849. The SMILES string of the molecule is Cc1ccc(F)c(-n2cc(O)c(C(=O)N(C)CC3CCOC3)n2)c1. The molecule has 6 nitrogen and oxygen atoms in total. The van der Waals surface area contributed by atoms with E-state index < -0.39 is 11.7 Å². The van der Waals surface area contributed by atoms with E-state index in [0.29, 0.717) is 19.8 Å². The number of halogens is 1. The number of aromatic hydroxyl groups is 1. The van der Waals surface area contributed by atoms with Gasteiger partial charge in [-0.2, -0.15) is 5.10 Å². The Hall–Kier alpha value is -2.41. The maximum atomic E-state index is 14.0. The molecule has 1 aliphatic heterocycles. The third-order valence-corrected chi connectivity index (χ3v) is 4.15. The number of rotatable bonds is 4. The smallest absolute Gasteiger partial charge is 0.277 e. The number of hydrogen-bond acceptors (Lipinski definition) is 4. The first-order valence-corrected chi connectivity index (χ1v) is 7.84. The van der Waals surface area contributed by atoms with Crippen LogP contribution in [0.15, 0.2) is 24.4 Å². The maximum absolute atomic E-state index is 14.0. The van der Waals surface area contributed by atoms with Gasteiger partial charge in [-0.1, -0.05) is 6.07 Å². The van der Waals surface area contributed by atoms with Crippen LogP contribution < -0.4 is 0 Å². The third kappa shape index (κ3) is 3.26. The highest BCUT2D eigenvalue weighted by Gasteiger charge is 2.25. The summed E-state index contributed by atoms with van der Waals surface area (Å²) in [4.78, 5) is 14.0. The summed E-state index contributed by atoms with van der Waals surface area (Å²) in [5.41, 5.74) is 0.959. The van der Waals surface area contributed by atoms with Crippen molar-refractivity contribution in [1.82, 2.24) is 14.7 Å². The highest BCUT2D eigenvalue weighted by atomic mass is 19.1. The Kier molecular flexibility index (Phi) is 4.53. The van der Waals surface area contributed by atoms with Gasteiger partial charge in [0.15, 0.2) is 11.4 Å². The van der Waals surface area contributed by atoms with Gasteiger partial charge in [0.05, 0.1) is 12.8 Å². The topological polar surface area (TPSA) is 67.6 Å². The van der Waals surface area contributed by atoms with E-state index in [1.165, 1.54) is 21.8 Å². The molecule has 1 aromatic carbocycles. The van der Waals surface area contributed by atoms with Crippen molar-refractivity contribution in [3.05, 3.63) is 41.5 Å². The first-order chi connectivity index (χ1) is 11.5. The largest absolute Gasteiger partial charge is 0.504 e. The molecule has 2 aromatic rings. The number of amides is 1. The Morgan fingerprint density at radius 3 is 3.04 bits per heavy atom. The summed E-state index contributed by atoms with van der Waals surface area (Å²) in [5, 5.41) is 14.1. The highest BCUT2D eigenvalue weighted by Crippen LogP contribution is 2.23. The predicted octanol–water partition coefficient (Wildman–Crippen LogP) is 2.13. The predicted molar refractivity (Wildman–Crippen MR) is 85.8 cm³/mol. The normalized spacial score (nSPS) is 17.2. The average Bonchev–Trinajstić information content (AvgIpc) is 3.18. The van der Waals surface area contributed by atoms with Crippen LogP contribution in [0.25, 0.3) is 5.69 Å². The first kappa shape index (κ1) is 16.4. The molecule has 7 heteroatoms. The second kappa shape index (κ2) is 6.60. The van der Waals surface area contributed by atoms with Gasteiger partial charge in [0.25, 0.3) is 5.91 Å². The van der Waals surface area contributed by atoms with Crippen molar-refractivity contribution in [2.75, 3.05) is 26.8 Å². The summed E-state index contributed by atoms with van der Waals surface area (Å²) >= 11 is 0. The number of aromatic nitrogens is 2. The molecule has 1 N–H and O–H groups in total. The van der Waals surface area contributed by atoms with Gasteiger partial charge < -0.3 is 14.7 Å². The molecule has 0 spiro atoms. The Morgan fingerprint density at radius 1 is 1.54 bits per heavy atom. The van der Waals surface area contributed by atoms with Crippen LogP contribution in [0.5, 0.6) is 5.75 Å². The molecular weight excluding hydrogens is 313 g/mol. The number of hydrogen-bond donors (Lipinski definition) is 1. The first-order valence-electron chi connectivity index (χ1n) is 7.84. The van der Waals surface area contributed by atoms with E-state index in [1.54, 1.807) is 19.2 Å². The van der Waals surface area contributed by atoms with E-state index in [4.69, 9.17) is 4.74 Å². The number of carbonyl (C=O) groups is 1. The maximum Gasteiger partial charge on any atom is 0.277 e. The molecule has 1 aromatic heterocycles. The van der Waals surface area contributed by atoms with Gasteiger partial charge in [0.2, 0.25) is 0 Å². The lowest BCUT2D eigenvalue weighted by Crippen LogP contribution is -2.32. The molecule has 1 fully saturated rings. The minimum Gasteiger partial charge on any atom is -0.504 e. The molecule has 0 bridgehead atoms. The Morgan fingerprint density at radius 2 is 2.33 bits per heavy atom. The van der Waals surface area contributed by atoms with Crippen molar-refractivity contribution in [3.63, 3.8) is 0 Å². The van der Waals surface area contributed by atoms with Crippen molar-refractivity contribution < 1.29 is 19.0 Å². The minimum atomic E-state index is -0.474.